The lowest BCUT2D eigenvalue weighted by molar-refractivity contribution is 0.0983. The van der Waals surface area contributed by atoms with Gasteiger partial charge < -0.3 is 4.90 Å². The van der Waals surface area contributed by atoms with Gasteiger partial charge in [-0.1, -0.05) is 24.3 Å². The molecule has 3 aromatic rings. The Labute approximate surface area is 167 Å². The summed E-state index contributed by atoms with van der Waals surface area (Å²) in [5, 5.41) is 6.57. The summed E-state index contributed by atoms with van der Waals surface area (Å²) in [7, 11) is -3.05. The van der Waals surface area contributed by atoms with Crippen LogP contribution in [0.15, 0.2) is 47.8 Å². The molecule has 1 unspecified atom stereocenters. The Morgan fingerprint density at radius 1 is 1.18 bits per heavy atom. The Balaban J connectivity index is 1.54. The molecule has 1 amide bonds. The summed E-state index contributed by atoms with van der Waals surface area (Å²) in [6, 6.07) is 13.4. The van der Waals surface area contributed by atoms with Crippen molar-refractivity contribution in [2.24, 2.45) is 0 Å². The van der Waals surface area contributed by atoms with Crippen LogP contribution in [0.3, 0.4) is 0 Å². The minimum atomic E-state index is -3.05. The summed E-state index contributed by atoms with van der Waals surface area (Å²) in [4.78, 5) is 16.0. The van der Waals surface area contributed by atoms with Crippen LogP contribution in [0, 0.1) is 0 Å². The molecule has 2 aliphatic rings. The van der Waals surface area contributed by atoms with Crippen molar-refractivity contribution in [1.29, 1.82) is 0 Å². The van der Waals surface area contributed by atoms with Crippen LogP contribution in [0.5, 0.6) is 0 Å². The maximum absolute atomic E-state index is 13.2. The number of anilines is 1. The minimum absolute atomic E-state index is 0.0766. The number of hydrogen-bond acceptors (Lipinski definition) is 5. The summed E-state index contributed by atoms with van der Waals surface area (Å²) in [5.41, 5.74) is 3.27. The van der Waals surface area contributed by atoms with Gasteiger partial charge >= 0.3 is 0 Å². The molecule has 2 aromatic heterocycles. The van der Waals surface area contributed by atoms with E-state index in [2.05, 4.69) is 5.10 Å². The fourth-order valence-electron chi connectivity index (χ4n) is 4.04. The van der Waals surface area contributed by atoms with E-state index in [4.69, 9.17) is 0 Å². The summed E-state index contributed by atoms with van der Waals surface area (Å²) < 4.78 is 25.7. The van der Waals surface area contributed by atoms with Gasteiger partial charge in [-0.2, -0.15) is 5.10 Å². The van der Waals surface area contributed by atoms with Crippen LogP contribution in [0.4, 0.5) is 5.69 Å². The number of carbonyl (C=O) groups excluding carboxylic acids is 1. The van der Waals surface area contributed by atoms with E-state index in [1.807, 2.05) is 41.8 Å². The predicted octanol–water partition coefficient (Wildman–Crippen LogP) is 3.17. The van der Waals surface area contributed by atoms with E-state index in [9.17, 15) is 13.2 Å². The van der Waals surface area contributed by atoms with Gasteiger partial charge in [0.05, 0.1) is 28.1 Å². The third-order valence-electron chi connectivity index (χ3n) is 5.42. The van der Waals surface area contributed by atoms with Gasteiger partial charge in [-0.25, -0.2) is 8.42 Å². The molecular formula is C20H19N3O3S2. The molecule has 28 heavy (non-hydrogen) atoms. The van der Waals surface area contributed by atoms with E-state index >= 15 is 0 Å². The molecule has 8 heteroatoms. The van der Waals surface area contributed by atoms with E-state index < -0.39 is 9.84 Å². The van der Waals surface area contributed by atoms with Gasteiger partial charge in [0.1, 0.15) is 0 Å². The summed E-state index contributed by atoms with van der Waals surface area (Å²) in [5.74, 6) is 0.111. The lowest BCUT2D eigenvalue weighted by Crippen LogP contribution is -2.29. The van der Waals surface area contributed by atoms with Crippen molar-refractivity contribution in [2.45, 2.75) is 18.9 Å². The Kier molecular flexibility index (Phi) is 4.13. The van der Waals surface area contributed by atoms with E-state index in [0.717, 1.165) is 28.2 Å². The molecule has 0 aliphatic carbocycles. The summed E-state index contributed by atoms with van der Waals surface area (Å²) in [6.45, 7) is 0.636. The van der Waals surface area contributed by atoms with Crippen LogP contribution in [-0.4, -0.2) is 42.2 Å². The number of carbonyl (C=O) groups is 1. The van der Waals surface area contributed by atoms with Gasteiger partial charge in [-0.15, -0.1) is 11.3 Å². The molecule has 0 radical (unpaired) electrons. The lowest BCUT2D eigenvalue weighted by atomic mass is 10.2. The Bertz CT molecular complexity index is 1150. The SMILES string of the molecule is O=C(c1cc(-c2cccs2)n(C2CCS(=O)(=O)C2)n1)N1CCc2ccccc21. The molecule has 2 aliphatic heterocycles. The Hall–Kier alpha value is -2.45. The van der Waals surface area contributed by atoms with Crippen LogP contribution >= 0.6 is 11.3 Å². The monoisotopic (exact) mass is 413 g/mol. The molecule has 1 atom stereocenters. The molecule has 4 heterocycles. The second-order valence-corrected chi connectivity index (χ2v) is 10.4. The van der Waals surface area contributed by atoms with E-state index in [1.54, 1.807) is 27.0 Å². The molecule has 1 saturated heterocycles. The van der Waals surface area contributed by atoms with Gasteiger partial charge in [0, 0.05) is 12.2 Å². The molecule has 144 valence electrons. The third kappa shape index (κ3) is 2.97. The highest BCUT2D eigenvalue weighted by Crippen LogP contribution is 2.34. The fraction of sp³-hybridized carbons (Fsp3) is 0.300. The van der Waals surface area contributed by atoms with E-state index in [0.29, 0.717) is 18.7 Å². The number of fused-ring (bicyclic) bond motifs is 1. The minimum Gasteiger partial charge on any atom is -0.306 e. The highest BCUT2D eigenvalue weighted by Gasteiger charge is 2.33. The first-order valence-electron chi connectivity index (χ1n) is 9.25. The smallest absolute Gasteiger partial charge is 0.278 e. The maximum atomic E-state index is 13.2. The number of para-hydroxylation sites is 1. The zero-order valence-corrected chi connectivity index (χ0v) is 16.7. The number of nitrogens with zero attached hydrogens (tertiary/aromatic N) is 3. The lowest BCUT2D eigenvalue weighted by Gasteiger charge is -2.16. The maximum Gasteiger partial charge on any atom is 0.278 e. The average Bonchev–Trinajstić information content (AvgIpc) is 3.45. The first kappa shape index (κ1) is 17.6. The van der Waals surface area contributed by atoms with Crippen molar-refractivity contribution in [3.05, 3.63) is 59.1 Å². The second-order valence-electron chi connectivity index (χ2n) is 7.23. The number of amides is 1. The highest BCUT2D eigenvalue weighted by atomic mass is 32.2. The molecule has 6 nitrogen and oxygen atoms in total. The zero-order chi connectivity index (χ0) is 19.3. The first-order valence-corrected chi connectivity index (χ1v) is 12.0. The zero-order valence-electron chi connectivity index (χ0n) is 15.1. The quantitative estimate of drug-likeness (QED) is 0.661. The standard InChI is InChI=1S/C20H19N3O3S2/c24-20(22-9-7-14-4-1-2-5-17(14)22)16-12-18(19-6-3-10-27-19)23(21-16)15-8-11-28(25,26)13-15/h1-6,10,12,15H,7-9,11,13H2. The molecule has 0 N–H and O–H groups in total. The van der Waals surface area contributed by atoms with Crippen LogP contribution in [0.25, 0.3) is 10.6 Å². The average molecular weight is 414 g/mol. The fourth-order valence-corrected chi connectivity index (χ4v) is 6.47. The van der Waals surface area contributed by atoms with Gasteiger partial charge in [-0.05, 0) is 42.0 Å². The second kappa shape index (κ2) is 6.56. The number of hydrogen-bond donors (Lipinski definition) is 0. The largest absolute Gasteiger partial charge is 0.306 e. The van der Waals surface area contributed by atoms with Gasteiger partial charge in [0.2, 0.25) is 0 Å². The molecule has 1 aromatic carbocycles. The molecular weight excluding hydrogens is 394 g/mol. The van der Waals surface area contributed by atoms with Crippen LogP contribution in [-0.2, 0) is 16.3 Å². The normalized spacial score (nSPS) is 20.4. The predicted molar refractivity (Wildman–Crippen MR) is 110 cm³/mol. The van der Waals surface area contributed by atoms with Gasteiger partial charge in [0.15, 0.2) is 15.5 Å². The number of benzene rings is 1. The van der Waals surface area contributed by atoms with Crippen LogP contribution < -0.4 is 4.90 Å². The van der Waals surface area contributed by atoms with Crippen LogP contribution in [0.2, 0.25) is 0 Å². The van der Waals surface area contributed by atoms with Crippen molar-refractivity contribution >= 4 is 32.8 Å². The van der Waals surface area contributed by atoms with Crippen molar-refractivity contribution in [3.63, 3.8) is 0 Å². The van der Waals surface area contributed by atoms with Gasteiger partial charge in [0.25, 0.3) is 5.91 Å². The van der Waals surface area contributed by atoms with Crippen molar-refractivity contribution in [2.75, 3.05) is 23.0 Å². The molecule has 1 fully saturated rings. The van der Waals surface area contributed by atoms with Gasteiger partial charge in [-0.3, -0.25) is 9.48 Å². The third-order valence-corrected chi connectivity index (χ3v) is 8.06. The number of aromatic nitrogens is 2. The van der Waals surface area contributed by atoms with Crippen molar-refractivity contribution < 1.29 is 13.2 Å². The Morgan fingerprint density at radius 3 is 2.79 bits per heavy atom. The number of rotatable bonds is 3. The Morgan fingerprint density at radius 2 is 2.04 bits per heavy atom. The molecule has 0 saturated carbocycles. The molecule has 0 spiro atoms. The summed E-state index contributed by atoms with van der Waals surface area (Å²) >= 11 is 1.56. The van der Waals surface area contributed by atoms with Crippen molar-refractivity contribution in [1.82, 2.24) is 9.78 Å². The molecule has 0 bridgehead atoms. The molecule has 5 rings (SSSR count). The van der Waals surface area contributed by atoms with E-state index in [1.165, 1.54) is 0 Å². The van der Waals surface area contributed by atoms with Crippen LogP contribution in [0.1, 0.15) is 28.5 Å². The van der Waals surface area contributed by atoms with Crippen molar-refractivity contribution in [3.8, 4) is 10.6 Å². The topological polar surface area (TPSA) is 72.3 Å². The number of thiophene rings is 1. The first-order chi connectivity index (χ1) is 13.5. The summed E-state index contributed by atoms with van der Waals surface area (Å²) in [6.07, 6.45) is 1.36. The number of sulfone groups is 1. The highest BCUT2D eigenvalue weighted by molar-refractivity contribution is 7.91. The van der Waals surface area contributed by atoms with E-state index in [-0.39, 0.29) is 23.5 Å².